The molecule has 1 aliphatic heterocycles. The molecule has 116 valence electrons. The number of aliphatic hydroxyl groups is 1. The third-order valence-corrected chi connectivity index (χ3v) is 3.50. The molecule has 6 nitrogen and oxygen atoms in total. The Balaban J connectivity index is 1.92. The van der Waals surface area contributed by atoms with Crippen LogP contribution in [0.5, 0.6) is 0 Å². The lowest BCUT2D eigenvalue weighted by atomic mass is 10.1. The highest BCUT2D eigenvalue weighted by atomic mass is 16.5. The molecule has 21 heavy (non-hydrogen) atoms. The number of ether oxygens (including phenoxy) is 1. The maximum Gasteiger partial charge on any atom is 0.238 e. The fourth-order valence-electron chi connectivity index (χ4n) is 2.59. The number of benzene rings is 1. The minimum atomic E-state index is -0.222. The molecule has 0 aromatic heterocycles. The van der Waals surface area contributed by atoms with Crippen molar-refractivity contribution >= 4 is 17.3 Å². The normalized spacial score (nSPS) is 23.0. The zero-order valence-electron chi connectivity index (χ0n) is 12.5. The summed E-state index contributed by atoms with van der Waals surface area (Å²) in [4.78, 5) is 14.1. The quantitative estimate of drug-likeness (QED) is 0.708. The number of anilines is 2. The number of amides is 1. The summed E-state index contributed by atoms with van der Waals surface area (Å²) in [6.07, 6.45) is -0.207. The Labute approximate surface area is 124 Å². The van der Waals surface area contributed by atoms with E-state index in [0.717, 1.165) is 11.3 Å². The first-order valence-corrected chi connectivity index (χ1v) is 7.12. The maximum absolute atomic E-state index is 12.1. The molecule has 0 spiro atoms. The highest BCUT2D eigenvalue weighted by molar-refractivity contribution is 5.93. The molecule has 1 aliphatic rings. The van der Waals surface area contributed by atoms with Gasteiger partial charge in [-0.25, -0.2) is 0 Å². The van der Waals surface area contributed by atoms with E-state index in [1.165, 1.54) is 0 Å². The van der Waals surface area contributed by atoms with Crippen molar-refractivity contribution in [1.82, 2.24) is 4.90 Å². The summed E-state index contributed by atoms with van der Waals surface area (Å²) in [5.74, 6) is -0.0753. The summed E-state index contributed by atoms with van der Waals surface area (Å²) in [5.41, 5.74) is 8.08. The number of carbonyl (C=O) groups is 1. The van der Waals surface area contributed by atoms with Crippen LogP contribution < -0.4 is 11.1 Å². The summed E-state index contributed by atoms with van der Waals surface area (Å²) in [6, 6.07) is 5.40. The van der Waals surface area contributed by atoms with E-state index >= 15 is 0 Å². The summed E-state index contributed by atoms with van der Waals surface area (Å²) in [6.45, 7) is 5.36. The van der Waals surface area contributed by atoms with E-state index in [1.54, 1.807) is 12.1 Å². The topological polar surface area (TPSA) is 87.8 Å². The molecular weight excluding hydrogens is 270 g/mol. The number of aliphatic hydroxyl groups excluding tert-OH is 1. The van der Waals surface area contributed by atoms with Crippen LogP contribution in [0.3, 0.4) is 0 Å². The zero-order chi connectivity index (χ0) is 15.4. The SMILES string of the molecule is Cc1cc(N)ccc1NC(=O)CN1CC(C)OC(CO)C1. The molecule has 0 radical (unpaired) electrons. The number of nitrogens with zero attached hydrogens (tertiary/aromatic N) is 1. The molecule has 0 saturated carbocycles. The van der Waals surface area contributed by atoms with Crippen molar-refractivity contribution in [1.29, 1.82) is 0 Å². The number of aryl methyl sites for hydroxylation is 1. The molecule has 1 fully saturated rings. The largest absolute Gasteiger partial charge is 0.399 e. The average Bonchev–Trinajstić information content (AvgIpc) is 2.41. The monoisotopic (exact) mass is 293 g/mol. The summed E-state index contributed by atoms with van der Waals surface area (Å²) >= 11 is 0. The van der Waals surface area contributed by atoms with Crippen molar-refractivity contribution < 1.29 is 14.6 Å². The van der Waals surface area contributed by atoms with Crippen LogP contribution in [0.4, 0.5) is 11.4 Å². The molecule has 1 saturated heterocycles. The van der Waals surface area contributed by atoms with Gasteiger partial charge in [-0.1, -0.05) is 0 Å². The van der Waals surface area contributed by atoms with E-state index in [2.05, 4.69) is 5.32 Å². The van der Waals surface area contributed by atoms with Crippen LogP contribution in [-0.2, 0) is 9.53 Å². The van der Waals surface area contributed by atoms with Crippen LogP contribution in [-0.4, -0.2) is 54.4 Å². The number of nitrogen functional groups attached to an aromatic ring is 1. The van der Waals surface area contributed by atoms with Crippen LogP contribution in [0, 0.1) is 6.92 Å². The average molecular weight is 293 g/mol. The number of hydrogen-bond donors (Lipinski definition) is 3. The predicted octanol–water partition coefficient (Wildman–Crippen LogP) is 0.597. The molecule has 4 N–H and O–H groups in total. The second-order valence-electron chi connectivity index (χ2n) is 5.57. The Morgan fingerprint density at radius 1 is 1.52 bits per heavy atom. The fourth-order valence-corrected chi connectivity index (χ4v) is 2.59. The maximum atomic E-state index is 12.1. The predicted molar refractivity (Wildman–Crippen MR) is 82.1 cm³/mol. The molecule has 0 bridgehead atoms. The lowest BCUT2D eigenvalue weighted by Gasteiger charge is -2.35. The van der Waals surface area contributed by atoms with Gasteiger partial charge in [-0.3, -0.25) is 9.69 Å². The van der Waals surface area contributed by atoms with Gasteiger partial charge >= 0.3 is 0 Å². The van der Waals surface area contributed by atoms with Gasteiger partial charge in [0.25, 0.3) is 0 Å². The van der Waals surface area contributed by atoms with Crippen molar-refractivity contribution in [3.8, 4) is 0 Å². The van der Waals surface area contributed by atoms with E-state index in [9.17, 15) is 9.90 Å². The van der Waals surface area contributed by atoms with Crippen LogP contribution in [0.15, 0.2) is 18.2 Å². The molecular formula is C15H23N3O3. The summed E-state index contributed by atoms with van der Waals surface area (Å²) in [5, 5.41) is 12.1. The lowest BCUT2D eigenvalue weighted by molar-refractivity contribution is -0.124. The molecule has 1 aromatic carbocycles. The van der Waals surface area contributed by atoms with Gasteiger partial charge < -0.3 is 20.9 Å². The minimum Gasteiger partial charge on any atom is -0.399 e. The molecule has 6 heteroatoms. The van der Waals surface area contributed by atoms with Crippen molar-refractivity contribution in [3.05, 3.63) is 23.8 Å². The molecule has 2 unspecified atom stereocenters. The lowest BCUT2D eigenvalue weighted by Crippen LogP contribution is -2.50. The second kappa shape index (κ2) is 6.89. The van der Waals surface area contributed by atoms with Gasteiger partial charge in [0, 0.05) is 24.5 Å². The second-order valence-corrected chi connectivity index (χ2v) is 5.57. The van der Waals surface area contributed by atoms with Gasteiger partial charge in [0.15, 0.2) is 0 Å². The highest BCUT2D eigenvalue weighted by Gasteiger charge is 2.25. The first-order chi connectivity index (χ1) is 9.97. The number of rotatable bonds is 4. The third kappa shape index (κ3) is 4.42. The minimum absolute atomic E-state index is 0.0157. The molecule has 1 heterocycles. The van der Waals surface area contributed by atoms with Crippen LogP contribution in [0.25, 0.3) is 0 Å². The van der Waals surface area contributed by atoms with Gasteiger partial charge in [0.2, 0.25) is 5.91 Å². The molecule has 1 amide bonds. The van der Waals surface area contributed by atoms with Crippen molar-refractivity contribution in [2.45, 2.75) is 26.1 Å². The van der Waals surface area contributed by atoms with Crippen LogP contribution in [0.1, 0.15) is 12.5 Å². The van der Waals surface area contributed by atoms with Gasteiger partial charge in [-0.05, 0) is 37.6 Å². The Morgan fingerprint density at radius 3 is 2.95 bits per heavy atom. The van der Waals surface area contributed by atoms with Gasteiger partial charge in [-0.15, -0.1) is 0 Å². The Bertz CT molecular complexity index is 507. The van der Waals surface area contributed by atoms with Gasteiger partial charge in [0.05, 0.1) is 25.4 Å². The Hall–Kier alpha value is -1.63. The van der Waals surface area contributed by atoms with Gasteiger partial charge in [0.1, 0.15) is 0 Å². The number of nitrogens with one attached hydrogen (secondary N) is 1. The van der Waals surface area contributed by atoms with Crippen molar-refractivity contribution in [2.75, 3.05) is 37.3 Å². The zero-order valence-corrected chi connectivity index (χ0v) is 12.5. The summed E-state index contributed by atoms with van der Waals surface area (Å²) < 4.78 is 5.56. The van der Waals surface area contributed by atoms with Crippen LogP contribution in [0.2, 0.25) is 0 Å². The third-order valence-electron chi connectivity index (χ3n) is 3.50. The first-order valence-electron chi connectivity index (χ1n) is 7.12. The van der Waals surface area contributed by atoms with Crippen molar-refractivity contribution in [3.63, 3.8) is 0 Å². The van der Waals surface area contributed by atoms with Gasteiger partial charge in [-0.2, -0.15) is 0 Å². The number of carbonyl (C=O) groups excluding carboxylic acids is 1. The van der Waals surface area contributed by atoms with E-state index in [-0.39, 0.29) is 31.3 Å². The van der Waals surface area contributed by atoms with E-state index in [0.29, 0.717) is 18.8 Å². The number of morpholine rings is 1. The number of hydrogen-bond acceptors (Lipinski definition) is 5. The van der Waals surface area contributed by atoms with E-state index < -0.39 is 0 Å². The molecule has 1 aromatic rings. The van der Waals surface area contributed by atoms with Crippen LogP contribution >= 0.6 is 0 Å². The number of nitrogens with two attached hydrogens (primary N) is 1. The van der Waals surface area contributed by atoms with E-state index in [1.807, 2.05) is 24.8 Å². The Kier molecular flexibility index (Phi) is 5.17. The Morgan fingerprint density at radius 2 is 2.29 bits per heavy atom. The molecule has 2 rings (SSSR count). The standard InChI is InChI=1S/C15H23N3O3/c1-10-5-12(16)3-4-14(10)17-15(20)8-18-6-11(2)21-13(7-18)9-19/h3-5,11,13,19H,6-9,16H2,1-2H3,(H,17,20). The van der Waals surface area contributed by atoms with Crippen molar-refractivity contribution in [2.24, 2.45) is 0 Å². The highest BCUT2D eigenvalue weighted by Crippen LogP contribution is 2.18. The first kappa shape index (κ1) is 15.8. The molecule has 0 aliphatic carbocycles. The molecule has 2 atom stereocenters. The fraction of sp³-hybridized carbons (Fsp3) is 0.533. The summed E-state index contributed by atoms with van der Waals surface area (Å²) in [7, 11) is 0. The van der Waals surface area contributed by atoms with E-state index in [4.69, 9.17) is 10.5 Å². The smallest absolute Gasteiger partial charge is 0.238 e.